The first-order chi connectivity index (χ1) is 11.1. The van der Waals surface area contributed by atoms with Crippen LogP contribution in [0.4, 0.5) is 0 Å². The van der Waals surface area contributed by atoms with Gasteiger partial charge in [0.15, 0.2) is 0 Å². The van der Waals surface area contributed by atoms with E-state index in [1.807, 2.05) is 24.3 Å². The predicted octanol–water partition coefficient (Wildman–Crippen LogP) is 3.74. The van der Waals surface area contributed by atoms with Crippen LogP contribution >= 0.6 is 11.6 Å². The number of halogens is 1. The third kappa shape index (κ3) is 6.13. The van der Waals surface area contributed by atoms with Gasteiger partial charge in [0.2, 0.25) is 5.91 Å². The Labute approximate surface area is 143 Å². The van der Waals surface area contributed by atoms with Crippen LogP contribution in [0.2, 0.25) is 5.02 Å². The summed E-state index contributed by atoms with van der Waals surface area (Å²) in [6, 6.07) is 7.62. The standard InChI is InChI=1S/C18H26ClNO3/c1-13(2)18(14-3-5-15(19)6-4-14)20-17(21)9-12-23-16-7-10-22-11-8-16/h3-6,13,16,18H,7-12H2,1-2H3,(H,20,21)/t18-/m0/s1. The zero-order chi connectivity index (χ0) is 16.7. The van der Waals surface area contributed by atoms with E-state index in [1.54, 1.807) is 0 Å². The second kappa shape index (κ2) is 9.26. The minimum absolute atomic E-state index is 0.0113. The van der Waals surface area contributed by atoms with Gasteiger partial charge in [0, 0.05) is 24.7 Å². The molecule has 1 heterocycles. The summed E-state index contributed by atoms with van der Waals surface area (Å²) in [5.41, 5.74) is 1.07. The first-order valence-corrected chi connectivity index (χ1v) is 8.68. The topological polar surface area (TPSA) is 47.6 Å². The van der Waals surface area contributed by atoms with E-state index >= 15 is 0 Å². The van der Waals surface area contributed by atoms with E-state index in [2.05, 4.69) is 19.2 Å². The number of nitrogens with one attached hydrogen (secondary N) is 1. The molecule has 1 atom stereocenters. The van der Waals surface area contributed by atoms with Crippen molar-refractivity contribution < 1.29 is 14.3 Å². The van der Waals surface area contributed by atoms with Gasteiger partial charge in [-0.2, -0.15) is 0 Å². The van der Waals surface area contributed by atoms with Crippen molar-refractivity contribution >= 4 is 17.5 Å². The molecule has 0 unspecified atom stereocenters. The molecule has 0 aromatic heterocycles. The SMILES string of the molecule is CC(C)[C@H](NC(=O)CCOC1CCOCC1)c1ccc(Cl)cc1. The maximum Gasteiger partial charge on any atom is 0.222 e. The lowest BCUT2D eigenvalue weighted by Crippen LogP contribution is -2.33. The van der Waals surface area contributed by atoms with Crippen molar-refractivity contribution in [2.24, 2.45) is 5.92 Å². The minimum Gasteiger partial charge on any atom is -0.381 e. The van der Waals surface area contributed by atoms with Crippen molar-refractivity contribution in [3.63, 3.8) is 0 Å². The van der Waals surface area contributed by atoms with E-state index < -0.39 is 0 Å². The summed E-state index contributed by atoms with van der Waals surface area (Å²) < 4.78 is 11.1. The van der Waals surface area contributed by atoms with Gasteiger partial charge >= 0.3 is 0 Å². The van der Waals surface area contributed by atoms with Crippen LogP contribution in [0.3, 0.4) is 0 Å². The van der Waals surface area contributed by atoms with Crippen LogP contribution in [-0.4, -0.2) is 31.8 Å². The van der Waals surface area contributed by atoms with Crippen molar-refractivity contribution in [1.82, 2.24) is 5.32 Å². The van der Waals surface area contributed by atoms with E-state index in [1.165, 1.54) is 0 Å². The number of carbonyl (C=O) groups excluding carboxylic acids is 1. The highest BCUT2D eigenvalue weighted by atomic mass is 35.5. The van der Waals surface area contributed by atoms with E-state index in [9.17, 15) is 4.79 Å². The Balaban J connectivity index is 1.79. The lowest BCUT2D eigenvalue weighted by Gasteiger charge is -2.24. The number of benzene rings is 1. The number of hydrogen-bond donors (Lipinski definition) is 1. The van der Waals surface area contributed by atoms with Crippen LogP contribution in [0.1, 0.15) is 44.7 Å². The molecule has 1 saturated heterocycles. The monoisotopic (exact) mass is 339 g/mol. The first-order valence-electron chi connectivity index (χ1n) is 8.30. The Bertz CT molecular complexity index is 484. The normalized spacial score (nSPS) is 17.2. The summed E-state index contributed by atoms with van der Waals surface area (Å²) in [5.74, 6) is 0.322. The van der Waals surface area contributed by atoms with Crippen LogP contribution in [0.25, 0.3) is 0 Å². The van der Waals surface area contributed by atoms with Crippen molar-refractivity contribution in [3.8, 4) is 0 Å². The average Bonchev–Trinajstić information content (AvgIpc) is 2.54. The Morgan fingerprint density at radius 2 is 1.96 bits per heavy atom. The van der Waals surface area contributed by atoms with Crippen LogP contribution in [0.15, 0.2) is 24.3 Å². The number of amides is 1. The molecule has 1 N–H and O–H groups in total. The molecule has 128 valence electrons. The zero-order valence-corrected chi connectivity index (χ0v) is 14.6. The van der Waals surface area contributed by atoms with Crippen molar-refractivity contribution in [1.29, 1.82) is 0 Å². The summed E-state index contributed by atoms with van der Waals surface area (Å²) in [4.78, 5) is 12.2. The number of hydrogen-bond acceptors (Lipinski definition) is 3. The fraction of sp³-hybridized carbons (Fsp3) is 0.611. The maximum atomic E-state index is 12.2. The van der Waals surface area contributed by atoms with Crippen LogP contribution in [0, 0.1) is 5.92 Å². The molecule has 1 aromatic rings. The van der Waals surface area contributed by atoms with Crippen LogP contribution in [0.5, 0.6) is 0 Å². The highest BCUT2D eigenvalue weighted by Gasteiger charge is 2.19. The van der Waals surface area contributed by atoms with Crippen LogP contribution < -0.4 is 5.32 Å². The molecule has 23 heavy (non-hydrogen) atoms. The highest BCUT2D eigenvalue weighted by Crippen LogP contribution is 2.23. The van der Waals surface area contributed by atoms with E-state index in [0.717, 1.165) is 31.6 Å². The van der Waals surface area contributed by atoms with E-state index in [4.69, 9.17) is 21.1 Å². The molecule has 2 rings (SSSR count). The molecule has 1 aliphatic rings. The number of ether oxygens (including phenoxy) is 2. The molecular weight excluding hydrogens is 314 g/mol. The fourth-order valence-corrected chi connectivity index (χ4v) is 2.84. The molecule has 1 fully saturated rings. The second-order valence-corrected chi connectivity index (χ2v) is 6.71. The first kappa shape index (κ1) is 18.2. The summed E-state index contributed by atoms with van der Waals surface area (Å²) in [5, 5.41) is 3.80. The van der Waals surface area contributed by atoms with Gasteiger partial charge < -0.3 is 14.8 Å². The van der Waals surface area contributed by atoms with Crippen molar-refractivity contribution in [2.45, 2.75) is 45.3 Å². The Kier molecular flexibility index (Phi) is 7.34. The largest absolute Gasteiger partial charge is 0.381 e. The molecule has 0 radical (unpaired) electrons. The van der Waals surface area contributed by atoms with Crippen molar-refractivity contribution in [3.05, 3.63) is 34.9 Å². The van der Waals surface area contributed by atoms with Crippen LogP contribution in [-0.2, 0) is 14.3 Å². The van der Waals surface area contributed by atoms with E-state index in [-0.39, 0.29) is 18.1 Å². The van der Waals surface area contributed by atoms with Gasteiger partial charge in [0.25, 0.3) is 0 Å². The molecule has 0 saturated carbocycles. The molecule has 1 amide bonds. The molecule has 0 bridgehead atoms. The van der Waals surface area contributed by atoms with Gasteiger partial charge in [-0.1, -0.05) is 37.6 Å². The Morgan fingerprint density at radius 3 is 2.57 bits per heavy atom. The Hall–Kier alpha value is -1.10. The van der Waals surface area contributed by atoms with Gasteiger partial charge in [0.05, 0.1) is 18.8 Å². The molecule has 4 nitrogen and oxygen atoms in total. The van der Waals surface area contributed by atoms with Gasteiger partial charge in [-0.3, -0.25) is 4.79 Å². The minimum atomic E-state index is -0.0113. The fourth-order valence-electron chi connectivity index (χ4n) is 2.71. The average molecular weight is 340 g/mol. The molecule has 1 aliphatic heterocycles. The molecule has 5 heteroatoms. The zero-order valence-electron chi connectivity index (χ0n) is 13.9. The lowest BCUT2D eigenvalue weighted by atomic mass is 9.96. The number of carbonyl (C=O) groups is 1. The molecular formula is C18H26ClNO3. The van der Waals surface area contributed by atoms with Gasteiger partial charge in [0.1, 0.15) is 0 Å². The summed E-state index contributed by atoms with van der Waals surface area (Å²) in [6.45, 7) is 6.16. The Morgan fingerprint density at radius 1 is 1.30 bits per heavy atom. The molecule has 0 spiro atoms. The summed E-state index contributed by atoms with van der Waals surface area (Å²) in [6.07, 6.45) is 2.45. The lowest BCUT2D eigenvalue weighted by molar-refractivity contribution is -0.124. The number of rotatable bonds is 7. The third-order valence-corrected chi connectivity index (χ3v) is 4.32. The summed E-state index contributed by atoms with van der Waals surface area (Å²) >= 11 is 5.93. The maximum absolute atomic E-state index is 12.2. The second-order valence-electron chi connectivity index (χ2n) is 6.27. The summed E-state index contributed by atoms with van der Waals surface area (Å²) in [7, 11) is 0. The highest BCUT2D eigenvalue weighted by molar-refractivity contribution is 6.30. The van der Waals surface area contributed by atoms with Gasteiger partial charge in [-0.15, -0.1) is 0 Å². The predicted molar refractivity (Wildman–Crippen MR) is 91.6 cm³/mol. The quantitative estimate of drug-likeness (QED) is 0.823. The van der Waals surface area contributed by atoms with Crippen molar-refractivity contribution in [2.75, 3.05) is 19.8 Å². The third-order valence-electron chi connectivity index (χ3n) is 4.06. The smallest absolute Gasteiger partial charge is 0.222 e. The van der Waals surface area contributed by atoms with E-state index in [0.29, 0.717) is 24.0 Å². The molecule has 0 aliphatic carbocycles. The van der Waals surface area contributed by atoms with Gasteiger partial charge in [-0.05, 0) is 36.5 Å². The van der Waals surface area contributed by atoms with Gasteiger partial charge in [-0.25, -0.2) is 0 Å². The molecule has 1 aromatic carbocycles.